The lowest BCUT2D eigenvalue weighted by atomic mass is 10.0. The summed E-state index contributed by atoms with van der Waals surface area (Å²) in [5.74, 6) is 1.67. The number of aliphatic hydroxyl groups excluding tert-OH is 1. The van der Waals surface area contributed by atoms with Crippen LogP contribution >= 0.6 is 0 Å². The van der Waals surface area contributed by atoms with Gasteiger partial charge in [-0.15, -0.1) is 0 Å². The van der Waals surface area contributed by atoms with Crippen molar-refractivity contribution in [3.63, 3.8) is 0 Å². The van der Waals surface area contributed by atoms with Gasteiger partial charge in [0.15, 0.2) is 0 Å². The van der Waals surface area contributed by atoms with Crippen molar-refractivity contribution in [2.45, 2.75) is 19.1 Å². The molecule has 4 rings (SSSR count). The summed E-state index contributed by atoms with van der Waals surface area (Å²) in [6.45, 7) is 1.15. The highest BCUT2D eigenvalue weighted by Gasteiger charge is 2.31. The number of β-amino-alcohol motifs (C(OH)–C–C–N with tert-alkyl or cyclic N) is 1. The van der Waals surface area contributed by atoms with Gasteiger partial charge in [0, 0.05) is 19.0 Å². The van der Waals surface area contributed by atoms with E-state index in [9.17, 15) is 9.90 Å². The molecule has 0 saturated heterocycles. The third-order valence-electron chi connectivity index (χ3n) is 4.86. The van der Waals surface area contributed by atoms with Crippen LogP contribution in [0.2, 0.25) is 0 Å². The molecular weight excluding hydrogens is 342 g/mol. The molecule has 1 aliphatic carbocycles. The molecule has 139 valence electrons. The number of fused-ring (bicyclic) bond motifs is 1. The van der Waals surface area contributed by atoms with Gasteiger partial charge in [-0.3, -0.25) is 9.48 Å². The van der Waals surface area contributed by atoms with Crippen LogP contribution < -0.4 is 4.74 Å². The maximum Gasteiger partial charge on any atom is 0.272 e. The zero-order valence-corrected chi connectivity index (χ0v) is 15.2. The largest absolute Gasteiger partial charge is 0.497 e. The van der Waals surface area contributed by atoms with Gasteiger partial charge >= 0.3 is 0 Å². The zero-order chi connectivity index (χ0) is 18.8. The van der Waals surface area contributed by atoms with Crippen LogP contribution in [0, 0.1) is 31.6 Å². The van der Waals surface area contributed by atoms with Crippen molar-refractivity contribution in [2.24, 2.45) is 0 Å². The average Bonchev–Trinajstić information content (AvgIpc) is 3.32. The molecule has 1 atom stereocenters. The molecule has 0 spiro atoms. The molecule has 0 bridgehead atoms. The summed E-state index contributed by atoms with van der Waals surface area (Å²) in [6.07, 6.45) is 7.86. The standard InChI is InChI=1S/C21H22N3O3/c1-27-18-8-4-5-15(11-18)9-10-23-13-17(25)14-24-20(21(23)26)12-19(22-24)16-6-2-3-7-16/h2-8,11-12,17,25H,9-10,13-14H2,1H3/t17-/m1/s1. The topological polar surface area (TPSA) is 67.6 Å². The zero-order valence-electron chi connectivity index (χ0n) is 15.2. The Labute approximate surface area is 159 Å². The van der Waals surface area contributed by atoms with E-state index in [1.54, 1.807) is 16.7 Å². The van der Waals surface area contributed by atoms with E-state index in [0.29, 0.717) is 31.7 Å². The van der Waals surface area contributed by atoms with Gasteiger partial charge in [0.1, 0.15) is 11.4 Å². The van der Waals surface area contributed by atoms with Gasteiger partial charge in [-0.25, -0.2) is 0 Å². The van der Waals surface area contributed by atoms with E-state index in [-0.39, 0.29) is 5.91 Å². The minimum Gasteiger partial charge on any atom is -0.497 e. The molecule has 2 heterocycles. The van der Waals surface area contributed by atoms with Crippen LogP contribution in [-0.4, -0.2) is 52.0 Å². The second-order valence-electron chi connectivity index (χ2n) is 6.78. The van der Waals surface area contributed by atoms with Crippen LogP contribution in [0.4, 0.5) is 0 Å². The van der Waals surface area contributed by atoms with Crippen molar-refractivity contribution in [3.05, 3.63) is 78.9 Å². The van der Waals surface area contributed by atoms with E-state index in [2.05, 4.69) is 5.10 Å². The van der Waals surface area contributed by atoms with Crippen molar-refractivity contribution in [1.82, 2.24) is 14.7 Å². The molecule has 1 saturated carbocycles. The van der Waals surface area contributed by atoms with Crippen LogP contribution in [0.15, 0.2) is 30.3 Å². The van der Waals surface area contributed by atoms with Crippen LogP contribution in [0.3, 0.4) is 0 Å². The first-order valence-electron chi connectivity index (χ1n) is 9.04. The number of hydrogen-bond donors (Lipinski definition) is 1. The highest BCUT2D eigenvalue weighted by atomic mass is 16.5. The number of benzene rings is 1. The molecule has 6 nitrogen and oxygen atoms in total. The molecular formula is C21H22N3O3. The van der Waals surface area contributed by atoms with E-state index in [1.165, 1.54) is 0 Å². The first-order chi connectivity index (χ1) is 13.1. The van der Waals surface area contributed by atoms with Crippen LogP contribution in [0.1, 0.15) is 21.7 Å². The van der Waals surface area contributed by atoms with Crippen molar-refractivity contribution in [1.29, 1.82) is 0 Å². The predicted octanol–water partition coefficient (Wildman–Crippen LogP) is 1.70. The van der Waals surface area contributed by atoms with Gasteiger partial charge in [0.2, 0.25) is 0 Å². The molecule has 5 radical (unpaired) electrons. The van der Waals surface area contributed by atoms with Crippen molar-refractivity contribution in [2.75, 3.05) is 20.2 Å². The van der Waals surface area contributed by atoms with Gasteiger partial charge in [-0.2, -0.15) is 5.10 Å². The summed E-state index contributed by atoms with van der Waals surface area (Å²) in [7, 11) is 1.64. The van der Waals surface area contributed by atoms with Crippen molar-refractivity contribution in [3.8, 4) is 5.75 Å². The highest BCUT2D eigenvalue weighted by Crippen LogP contribution is 2.30. The molecule has 1 amide bonds. The number of nitrogens with zero attached hydrogens (tertiary/aromatic N) is 3. The molecule has 1 aliphatic heterocycles. The van der Waals surface area contributed by atoms with E-state index < -0.39 is 6.10 Å². The minimum atomic E-state index is -0.645. The third-order valence-corrected chi connectivity index (χ3v) is 4.86. The van der Waals surface area contributed by atoms with Crippen LogP contribution in [-0.2, 0) is 13.0 Å². The monoisotopic (exact) mass is 364 g/mol. The molecule has 1 aromatic carbocycles. The number of amides is 1. The highest BCUT2D eigenvalue weighted by molar-refractivity contribution is 5.93. The smallest absolute Gasteiger partial charge is 0.272 e. The molecule has 1 N–H and O–H groups in total. The Morgan fingerprint density at radius 2 is 2.04 bits per heavy atom. The fraction of sp³-hybridized carbons (Fsp3) is 0.286. The molecule has 0 unspecified atom stereocenters. The number of methoxy groups -OCH3 is 1. The second-order valence-corrected chi connectivity index (χ2v) is 6.78. The summed E-state index contributed by atoms with van der Waals surface area (Å²) >= 11 is 0. The van der Waals surface area contributed by atoms with Gasteiger partial charge in [-0.05, 0) is 55.9 Å². The third kappa shape index (κ3) is 3.86. The number of carbonyl (C=O) groups excluding carboxylic acids is 1. The summed E-state index contributed by atoms with van der Waals surface area (Å²) in [5.41, 5.74) is 2.37. The Balaban J connectivity index is 1.51. The van der Waals surface area contributed by atoms with Crippen LogP contribution in [0.25, 0.3) is 0 Å². The molecule has 2 aliphatic rings. The van der Waals surface area contributed by atoms with Gasteiger partial charge in [-0.1, -0.05) is 12.1 Å². The van der Waals surface area contributed by atoms with Crippen LogP contribution in [0.5, 0.6) is 5.75 Å². The fourth-order valence-corrected chi connectivity index (χ4v) is 3.46. The predicted molar refractivity (Wildman–Crippen MR) is 100 cm³/mol. The number of rotatable bonds is 5. The summed E-state index contributed by atoms with van der Waals surface area (Å²) in [5, 5.41) is 14.9. The van der Waals surface area contributed by atoms with E-state index in [1.807, 2.05) is 56.0 Å². The second kappa shape index (κ2) is 7.72. The SMILES string of the molecule is COc1cccc(CCN2C[C@@H](O)Cn3nc([C]4[CH][CH][CH][CH]4)cc3C2=O)c1. The minimum absolute atomic E-state index is 0.0975. The normalized spacial score (nSPS) is 20.6. The number of carbonyl (C=O) groups is 1. The van der Waals surface area contributed by atoms with Gasteiger partial charge < -0.3 is 14.7 Å². The van der Waals surface area contributed by atoms with E-state index in [4.69, 9.17) is 4.74 Å². The lowest BCUT2D eigenvalue weighted by molar-refractivity contribution is 0.0648. The lowest BCUT2D eigenvalue weighted by Crippen LogP contribution is -2.37. The number of aliphatic hydroxyl groups is 1. The van der Waals surface area contributed by atoms with Crippen molar-refractivity contribution < 1.29 is 14.6 Å². The van der Waals surface area contributed by atoms with Gasteiger partial charge in [0.25, 0.3) is 5.91 Å². The van der Waals surface area contributed by atoms with E-state index >= 15 is 0 Å². The Bertz CT molecular complexity index is 811. The summed E-state index contributed by atoms with van der Waals surface area (Å²) < 4.78 is 6.88. The Morgan fingerprint density at radius 3 is 2.81 bits per heavy atom. The summed E-state index contributed by atoms with van der Waals surface area (Å²) in [6, 6.07) is 9.63. The molecule has 2 aromatic rings. The molecule has 1 aromatic heterocycles. The molecule has 6 heteroatoms. The molecule has 1 fully saturated rings. The van der Waals surface area contributed by atoms with Crippen molar-refractivity contribution >= 4 is 5.91 Å². The first kappa shape index (κ1) is 18.0. The number of aromatic nitrogens is 2. The summed E-state index contributed by atoms with van der Waals surface area (Å²) in [4.78, 5) is 14.7. The van der Waals surface area contributed by atoms with E-state index in [0.717, 1.165) is 22.9 Å². The fourth-order valence-electron chi connectivity index (χ4n) is 3.46. The average molecular weight is 364 g/mol. The van der Waals surface area contributed by atoms with Gasteiger partial charge in [0.05, 0.1) is 25.5 Å². The number of hydrogen-bond acceptors (Lipinski definition) is 4. The Morgan fingerprint density at radius 1 is 1.22 bits per heavy atom. The lowest BCUT2D eigenvalue weighted by Gasteiger charge is -2.22. The maximum absolute atomic E-state index is 13.0. The maximum atomic E-state index is 13.0. The molecule has 27 heavy (non-hydrogen) atoms. The Kier molecular flexibility index (Phi) is 5.16. The first-order valence-corrected chi connectivity index (χ1v) is 9.04. The quantitative estimate of drug-likeness (QED) is 0.877. The number of ether oxygens (including phenoxy) is 1. The Hall–Kier alpha value is -2.34.